The molecule has 0 radical (unpaired) electrons. The molecule has 0 atom stereocenters. The van der Waals surface area contributed by atoms with Gasteiger partial charge in [-0.3, -0.25) is 5.14 Å². The lowest BCUT2D eigenvalue weighted by Gasteiger charge is -2.31. The van der Waals surface area contributed by atoms with Gasteiger partial charge in [0, 0.05) is 35.7 Å². The van der Waals surface area contributed by atoms with Crippen molar-refractivity contribution in [2.75, 3.05) is 23.4 Å². The molecule has 0 unspecified atom stereocenters. The van der Waals surface area contributed by atoms with Crippen LogP contribution in [0.4, 0.5) is 11.4 Å². The van der Waals surface area contributed by atoms with Crippen molar-refractivity contribution in [2.45, 2.75) is 44.4 Å². The van der Waals surface area contributed by atoms with E-state index in [0.29, 0.717) is 12.5 Å². The van der Waals surface area contributed by atoms with E-state index in [1.165, 1.54) is 40.0 Å². The fraction of sp³-hybridized carbons (Fsp3) is 0.375. The summed E-state index contributed by atoms with van der Waals surface area (Å²) in [5.41, 5.74) is 14.6. The van der Waals surface area contributed by atoms with Crippen LogP contribution >= 0.6 is 11.9 Å². The number of anilines is 2. The number of allylic oxidation sites excluding steroid dienone is 1. The van der Waals surface area contributed by atoms with Crippen molar-refractivity contribution in [1.82, 2.24) is 0 Å². The molecule has 0 aromatic heterocycles. The van der Waals surface area contributed by atoms with Gasteiger partial charge in [-0.1, -0.05) is 19.9 Å². The first-order valence-corrected chi connectivity index (χ1v) is 11.6. The third-order valence-electron chi connectivity index (χ3n) is 5.66. The molecule has 1 aliphatic carbocycles. The van der Waals surface area contributed by atoms with Crippen LogP contribution in [0.5, 0.6) is 0 Å². The van der Waals surface area contributed by atoms with Crippen molar-refractivity contribution in [1.29, 1.82) is 0 Å². The van der Waals surface area contributed by atoms with Crippen molar-refractivity contribution < 1.29 is 0 Å². The minimum absolute atomic E-state index is 0.479. The largest absolute Gasteiger partial charge is 0.385 e. The molecule has 5 nitrogen and oxygen atoms in total. The number of fused-ring (bicyclic) bond motifs is 2. The number of rotatable bonds is 6. The maximum absolute atomic E-state index is 6.03. The summed E-state index contributed by atoms with van der Waals surface area (Å²) >= 11 is 1.26. The summed E-state index contributed by atoms with van der Waals surface area (Å²) in [6.07, 6.45) is 4.17. The minimum atomic E-state index is 0.479. The Morgan fingerprint density at radius 3 is 2.63 bits per heavy atom. The molecule has 2 aromatic carbocycles. The first kappa shape index (κ1) is 21.0. The quantitative estimate of drug-likeness (QED) is 0.573. The van der Waals surface area contributed by atoms with E-state index in [-0.39, 0.29) is 0 Å². The number of hydrogen-bond acceptors (Lipinski definition) is 6. The first-order valence-electron chi connectivity index (χ1n) is 10.7. The fourth-order valence-electron chi connectivity index (χ4n) is 4.12. The predicted molar refractivity (Wildman–Crippen MR) is 130 cm³/mol. The molecule has 1 heterocycles. The summed E-state index contributed by atoms with van der Waals surface area (Å²) in [6, 6.07) is 15.1. The van der Waals surface area contributed by atoms with E-state index in [9.17, 15) is 0 Å². The Kier molecular flexibility index (Phi) is 6.46. The van der Waals surface area contributed by atoms with Crippen molar-refractivity contribution in [3.63, 3.8) is 0 Å². The zero-order valence-electron chi connectivity index (χ0n) is 17.8. The van der Waals surface area contributed by atoms with Gasteiger partial charge in [-0.25, -0.2) is 5.01 Å². The molecule has 30 heavy (non-hydrogen) atoms. The highest BCUT2D eigenvalue weighted by molar-refractivity contribution is 7.97. The Morgan fingerprint density at radius 1 is 1.13 bits per heavy atom. The summed E-state index contributed by atoms with van der Waals surface area (Å²) in [5, 5.41) is 16.4. The summed E-state index contributed by atoms with van der Waals surface area (Å²) in [4.78, 5) is 1.04. The van der Waals surface area contributed by atoms with Gasteiger partial charge in [0.1, 0.15) is 0 Å². The van der Waals surface area contributed by atoms with Crippen LogP contribution in [0.25, 0.3) is 5.70 Å². The van der Waals surface area contributed by atoms with E-state index >= 15 is 0 Å². The lowest BCUT2D eigenvalue weighted by atomic mass is 9.96. The van der Waals surface area contributed by atoms with Crippen LogP contribution in [-0.4, -0.2) is 18.8 Å². The monoisotopic (exact) mass is 421 g/mol. The van der Waals surface area contributed by atoms with Gasteiger partial charge in [-0.15, -0.1) is 0 Å². The van der Waals surface area contributed by atoms with Crippen LogP contribution in [-0.2, 0) is 6.42 Å². The molecule has 0 saturated carbocycles. The third-order valence-corrected chi connectivity index (χ3v) is 6.21. The topological polar surface area (TPSA) is 79.7 Å². The van der Waals surface area contributed by atoms with Crippen LogP contribution in [0.3, 0.4) is 0 Å². The number of benzene rings is 2. The van der Waals surface area contributed by atoms with Gasteiger partial charge in [0.15, 0.2) is 0 Å². The molecule has 2 aliphatic rings. The lowest BCUT2D eigenvalue weighted by Crippen LogP contribution is -2.28. The van der Waals surface area contributed by atoms with Gasteiger partial charge in [-0.05, 0) is 84.7 Å². The van der Waals surface area contributed by atoms with Crippen LogP contribution in [0.2, 0.25) is 0 Å². The molecule has 5 N–H and O–H groups in total. The Bertz CT molecular complexity index is 962. The van der Waals surface area contributed by atoms with Crippen LogP contribution in [0, 0.1) is 5.92 Å². The van der Waals surface area contributed by atoms with Crippen molar-refractivity contribution in [3.05, 3.63) is 59.2 Å². The molecule has 4 rings (SSSR count). The van der Waals surface area contributed by atoms with Gasteiger partial charge in [-0.2, -0.15) is 5.10 Å². The average Bonchev–Trinajstić information content (AvgIpc) is 2.96. The number of nitrogens with two attached hydrogens (primary N) is 2. The van der Waals surface area contributed by atoms with Gasteiger partial charge in [0.05, 0.1) is 17.1 Å². The maximum Gasteiger partial charge on any atom is 0.0724 e. The SMILES string of the molecule is CC(C)CNc1ccc2c(c1)C1=C(CCC2)CC(CN)=NN1c1ccc(SN)cc1. The zero-order chi connectivity index (χ0) is 21.1. The maximum atomic E-state index is 6.03. The third kappa shape index (κ3) is 4.41. The van der Waals surface area contributed by atoms with Gasteiger partial charge in [0.25, 0.3) is 0 Å². The Morgan fingerprint density at radius 2 is 1.93 bits per heavy atom. The van der Waals surface area contributed by atoms with E-state index in [1.807, 2.05) is 12.1 Å². The van der Waals surface area contributed by atoms with Gasteiger partial charge >= 0.3 is 0 Å². The van der Waals surface area contributed by atoms with Crippen molar-refractivity contribution in [2.24, 2.45) is 21.9 Å². The van der Waals surface area contributed by atoms with Crippen LogP contribution in [0.1, 0.15) is 44.2 Å². The molecule has 0 amide bonds. The van der Waals surface area contributed by atoms with E-state index in [1.54, 1.807) is 0 Å². The minimum Gasteiger partial charge on any atom is -0.385 e. The van der Waals surface area contributed by atoms with Crippen LogP contribution in [0.15, 0.2) is 58.0 Å². The Balaban J connectivity index is 1.79. The van der Waals surface area contributed by atoms with E-state index in [4.69, 9.17) is 16.0 Å². The molecule has 158 valence electrons. The van der Waals surface area contributed by atoms with Gasteiger partial charge in [0.2, 0.25) is 0 Å². The molecule has 0 spiro atoms. The summed E-state index contributed by atoms with van der Waals surface area (Å²) in [6.45, 7) is 5.90. The number of nitrogens with zero attached hydrogens (tertiary/aromatic N) is 2. The molecular weight excluding hydrogens is 390 g/mol. The average molecular weight is 422 g/mol. The summed E-state index contributed by atoms with van der Waals surface area (Å²) in [5.74, 6) is 0.598. The molecule has 6 heteroatoms. The predicted octanol–water partition coefficient (Wildman–Crippen LogP) is 4.99. The smallest absolute Gasteiger partial charge is 0.0724 e. The fourth-order valence-corrected chi connectivity index (χ4v) is 4.42. The standard InChI is InChI=1S/C24H31N5S/c1-16(2)15-27-19-7-6-17-4-3-5-18-12-20(14-25)28-29(24(18)23(17)13-19)21-8-10-22(30-26)11-9-21/h6-11,13,16,27H,3-5,12,14-15,25-26H2,1-2H3. The number of hydrogen-bond donors (Lipinski definition) is 3. The molecule has 0 bridgehead atoms. The molecule has 1 aliphatic heterocycles. The first-order chi connectivity index (χ1) is 14.6. The van der Waals surface area contributed by atoms with Crippen molar-refractivity contribution in [3.8, 4) is 0 Å². The molecule has 0 fully saturated rings. The highest BCUT2D eigenvalue weighted by Crippen LogP contribution is 2.40. The van der Waals surface area contributed by atoms with E-state index in [2.05, 4.69) is 54.5 Å². The number of aryl methyl sites for hydroxylation is 1. The lowest BCUT2D eigenvalue weighted by molar-refractivity contribution is 0.689. The highest BCUT2D eigenvalue weighted by atomic mass is 32.2. The van der Waals surface area contributed by atoms with E-state index < -0.39 is 0 Å². The van der Waals surface area contributed by atoms with E-state index in [0.717, 1.165) is 48.5 Å². The Hall–Kier alpha value is -2.28. The second-order valence-corrected chi connectivity index (χ2v) is 9.13. The summed E-state index contributed by atoms with van der Waals surface area (Å²) < 4.78 is 0. The summed E-state index contributed by atoms with van der Waals surface area (Å²) in [7, 11) is 0. The number of hydrazone groups is 1. The normalized spacial score (nSPS) is 16.2. The highest BCUT2D eigenvalue weighted by Gasteiger charge is 2.28. The Labute approximate surface area is 183 Å². The number of nitrogens with one attached hydrogen (secondary N) is 1. The second kappa shape index (κ2) is 9.25. The van der Waals surface area contributed by atoms with Crippen LogP contribution < -0.4 is 21.2 Å². The zero-order valence-corrected chi connectivity index (χ0v) is 18.6. The molecule has 2 aromatic rings. The molecular formula is C24H31N5S. The van der Waals surface area contributed by atoms with Crippen molar-refractivity contribution >= 4 is 34.7 Å². The molecule has 0 saturated heterocycles. The second-order valence-electron chi connectivity index (χ2n) is 8.42. The van der Waals surface area contributed by atoms with Gasteiger partial charge < -0.3 is 11.1 Å².